The molecule has 0 bridgehead atoms. The van der Waals surface area contributed by atoms with Crippen molar-refractivity contribution >= 4 is 12.0 Å². The summed E-state index contributed by atoms with van der Waals surface area (Å²) in [5, 5.41) is 2.62. The van der Waals surface area contributed by atoms with E-state index >= 15 is 0 Å². The topological polar surface area (TPSA) is 73.1 Å². The van der Waals surface area contributed by atoms with Crippen molar-refractivity contribution in [1.29, 1.82) is 0 Å². The van der Waals surface area contributed by atoms with Gasteiger partial charge in [0.25, 0.3) is 5.56 Å². The van der Waals surface area contributed by atoms with Crippen molar-refractivity contribution in [2.75, 3.05) is 0 Å². The highest BCUT2D eigenvalue weighted by molar-refractivity contribution is 5.91. The van der Waals surface area contributed by atoms with E-state index in [1.54, 1.807) is 25.1 Å². The van der Waals surface area contributed by atoms with Crippen LogP contribution >= 0.6 is 0 Å². The first kappa shape index (κ1) is 17.4. The Balaban J connectivity index is 2.16. The van der Waals surface area contributed by atoms with Crippen molar-refractivity contribution in [3.05, 3.63) is 74.3 Å². The predicted octanol–water partition coefficient (Wildman–Crippen LogP) is 1.11. The maximum atomic E-state index is 13.7. The van der Waals surface area contributed by atoms with Gasteiger partial charge in [0.1, 0.15) is 5.82 Å². The van der Waals surface area contributed by atoms with Crippen LogP contribution in [0.3, 0.4) is 0 Å². The van der Waals surface area contributed by atoms with Gasteiger partial charge in [0.2, 0.25) is 5.91 Å². The number of halogens is 1. The monoisotopic (exact) mass is 331 g/mol. The Morgan fingerprint density at radius 1 is 1.25 bits per heavy atom. The van der Waals surface area contributed by atoms with Crippen molar-refractivity contribution < 1.29 is 9.18 Å². The molecule has 0 saturated carbocycles. The molecule has 24 heavy (non-hydrogen) atoms. The lowest BCUT2D eigenvalue weighted by atomic mass is 10.1. The maximum absolute atomic E-state index is 13.7. The molecule has 1 atom stereocenters. The summed E-state index contributed by atoms with van der Waals surface area (Å²) in [6.07, 6.45) is 3.86. The molecule has 0 aliphatic heterocycles. The van der Waals surface area contributed by atoms with E-state index in [-0.39, 0.29) is 5.56 Å². The highest BCUT2D eigenvalue weighted by atomic mass is 19.1. The normalized spacial score (nSPS) is 12.3. The van der Waals surface area contributed by atoms with Crippen molar-refractivity contribution in [1.82, 2.24) is 14.5 Å². The van der Waals surface area contributed by atoms with E-state index in [9.17, 15) is 18.8 Å². The molecule has 1 unspecified atom stereocenters. The van der Waals surface area contributed by atoms with Crippen LogP contribution < -0.4 is 16.6 Å². The zero-order chi connectivity index (χ0) is 17.9. The van der Waals surface area contributed by atoms with Crippen molar-refractivity contribution in [2.24, 2.45) is 14.1 Å². The Kier molecular flexibility index (Phi) is 5.13. The Hall–Kier alpha value is -2.96. The summed E-state index contributed by atoms with van der Waals surface area (Å²) in [4.78, 5) is 35.5. The molecule has 7 heteroatoms. The molecule has 2 aromatic rings. The van der Waals surface area contributed by atoms with Crippen LogP contribution in [0.5, 0.6) is 0 Å². The second-order valence-corrected chi connectivity index (χ2v) is 5.43. The summed E-state index contributed by atoms with van der Waals surface area (Å²) in [6, 6.07) is 5.65. The van der Waals surface area contributed by atoms with Crippen LogP contribution in [0.2, 0.25) is 0 Å². The molecule has 1 aromatic carbocycles. The smallest absolute Gasteiger partial charge is 0.330 e. The van der Waals surface area contributed by atoms with Gasteiger partial charge in [0, 0.05) is 31.9 Å². The summed E-state index contributed by atoms with van der Waals surface area (Å²) >= 11 is 0. The van der Waals surface area contributed by atoms with Crippen molar-refractivity contribution in [3.8, 4) is 0 Å². The second-order valence-electron chi connectivity index (χ2n) is 5.43. The number of aromatic nitrogens is 2. The maximum Gasteiger partial charge on any atom is 0.330 e. The predicted molar refractivity (Wildman–Crippen MR) is 88.9 cm³/mol. The first-order chi connectivity index (χ1) is 11.3. The van der Waals surface area contributed by atoms with Crippen molar-refractivity contribution in [3.63, 3.8) is 0 Å². The van der Waals surface area contributed by atoms with E-state index in [4.69, 9.17) is 0 Å². The molecule has 126 valence electrons. The first-order valence-corrected chi connectivity index (χ1v) is 7.31. The Bertz CT molecular complexity index is 912. The zero-order valence-corrected chi connectivity index (χ0v) is 13.6. The number of aryl methyl sites for hydroxylation is 1. The van der Waals surface area contributed by atoms with Gasteiger partial charge in [-0.3, -0.25) is 14.2 Å². The van der Waals surface area contributed by atoms with Gasteiger partial charge < -0.3 is 9.88 Å². The van der Waals surface area contributed by atoms with Gasteiger partial charge in [0.05, 0.1) is 11.6 Å². The Morgan fingerprint density at radius 3 is 2.58 bits per heavy atom. The van der Waals surface area contributed by atoms with Crippen LogP contribution in [0.1, 0.15) is 24.1 Å². The molecule has 6 nitrogen and oxygen atoms in total. The molecule has 1 amide bonds. The third kappa shape index (κ3) is 3.68. The minimum absolute atomic E-state index is 0.202. The van der Waals surface area contributed by atoms with Gasteiger partial charge in [-0.05, 0) is 19.1 Å². The molecule has 0 saturated heterocycles. The van der Waals surface area contributed by atoms with Crippen LogP contribution in [-0.2, 0) is 18.9 Å². The molecule has 0 aliphatic carbocycles. The number of nitrogens with one attached hydrogen (secondary N) is 1. The van der Waals surface area contributed by atoms with Crippen LogP contribution in [0.15, 0.2) is 46.1 Å². The minimum Gasteiger partial charge on any atom is -0.346 e. The fourth-order valence-corrected chi connectivity index (χ4v) is 2.28. The number of carbonyl (C=O) groups excluding carboxylic acids is 1. The second kappa shape index (κ2) is 7.08. The SMILES string of the molecule is CC(NC(=O)C=Cc1cn(C)c(=O)n(C)c1=O)c1ccccc1F. The van der Waals surface area contributed by atoms with E-state index in [0.717, 1.165) is 4.57 Å². The highest BCUT2D eigenvalue weighted by Crippen LogP contribution is 2.15. The molecular formula is C17H18FN3O3. The quantitative estimate of drug-likeness (QED) is 0.853. The lowest BCUT2D eigenvalue weighted by molar-refractivity contribution is -0.117. The molecule has 0 spiro atoms. The molecule has 0 fully saturated rings. The minimum atomic E-state index is -0.522. The number of rotatable bonds is 4. The highest BCUT2D eigenvalue weighted by Gasteiger charge is 2.12. The molecular weight excluding hydrogens is 313 g/mol. The van der Waals surface area contributed by atoms with Crippen LogP contribution in [0.25, 0.3) is 6.08 Å². The Labute approximate surface area is 137 Å². The third-order valence-corrected chi connectivity index (χ3v) is 3.62. The van der Waals surface area contributed by atoms with Gasteiger partial charge in [-0.25, -0.2) is 9.18 Å². The number of nitrogens with zero attached hydrogens (tertiary/aromatic N) is 2. The Morgan fingerprint density at radius 2 is 1.92 bits per heavy atom. The standard InChI is InChI=1S/C17H18FN3O3/c1-11(13-6-4-5-7-14(13)18)19-15(22)9-8-12-10-20(2)17(24)21(3)16(12)23/h4-11H,1-3H3,(H,19,22). The van der Waals surface area contributed by atoms with Crippen LogP contribution in [-0.4, -0.2) is 15.0 Å². The zero-order valence-electron chi connectivity index (χ0n) is 13.6. The first-order valence-electron chi connectivity index (χ1n) is 7.31. The van der Waals surface area contributed by atoms with Gasteiger partial charge in [-0.1, -0.05) is 18.2 Å². The summed E-state index contributed by atoms with van der Waals surface area (Å²) in [6.45, 7) is 1.66. The molecule has 0 aliphatic rings. The van der Waals surface area contributed by atoms with E-state index in [1.807, 2.05) is 0 Å². The third-order valence-electron chi connectivity index (χ3n) is 3.62. The van der Waals surface area contributed by atoms with Gasteiger partial charge in [0.15, 0.2) is 0 Å². The molecule has 1 aromatic heterocycles. The average molecular weight is 331 g/mol. The van der Waals surface area contributed by atoms with Gasteiger partial charge in [-0.15, -0.1) is 0 Å². The van der Waals surface area contributed by atoms with Gasteiger partial charge >= 0.3 is 5.69 Å². The fourth-order valence-electron chi connectivity index (χ4n) is 2.28. The fraction of sp³-hybridized carbons (Fsp3) is 0.235. The van der Waals surface area contributed by atoms with E-state index < -0.39 is 29.0 Å². The molecule has 1 N–H and O–H groups in total. The molecule has 2 rings (SSSR count). The van der Waals surface area contributed by atoms with Gasteiger partial charge in [-0.2, -0.15) is 0 Å². The number of amides is 1. The molecule has 1 heterocycles. The lowest BCUT2D eigenvalue weighted by Gasteiger charge is -2.13. The summed E-state index contributed by atoms with van der Waals surface area (Å²) in [5.74, 6) is -0.872. The van der Waals surface area contributed by atoms with E-state index in [1.165, 1.54) is 43.1 Å². The summed E-state index contributed by atoms with van der Waals surface area (Å²) in [7, 11) is 2.88. The van der Waals surface area contributed by atoms with E-state index in [0.29, 0.717) is 5.56 Å². The lowest BCUT2D eigenvalue weighted by Crippen LogP contribution is -2.37. The van der Waals surface area contributed by atoms with Crippen LogP contribution in [0.4, 0.5) is 4.39 Å². The largest absolute Gasteiger partial charge is 0.346 e. The summed E-state index contributed by atoms with van der Waals surface area (Å²) < 4.78 is 15.9. The van der Waals surface area contributed by atoms with E-state index in [2.05, 4.69) is 5.32 Å². The number of hydrogen-bond donors (Lipinski definition) is 1. The van der Waals surface area contributed by atoms with Crippen molar-refractivity contribution in [2.45, 2.75) is 13.0 Å². The molecule has 0 radical (unpaired) electrons. The number of carbonyl (C=O) groups is 1. The number of hydrogen-bond acceptors (Lipinski definition) is 3. The average Bonchev–Trinajstić information content (AvgIpc) is 2.55. The number of benzene rings is 1. The van der Waals surface area contributed by atoms with Crippen LogP contribution in [0, 0.1) is 5.82 Å². The summed E-state index contributed by atoms with van der Waals surface area (Å²) in [5.41, 5.74) is -0.371.